The molecule has 0 radical (unpaired) electrons. The molecule has 0 saturated heterocycles. The van der Waals surface area contributed by atoms with Crippen LogP contribution < -0.4 is 0 Å². The molecule has 0 unspecified atom stereocenters. The minimum absolute atomic E-state index is 0.374. The summed E-state index contributed by atoms with van der Waals surface area (Å²) in [5.41, 5.74) is 0.619. The fourth-order valence-electron chi connectivity index (χ4n) is 2.37. The summed E-state index contributed by atoms with van der Waals surface area (Å²) in [6, 6.07) is 3.35. The maximum Gasteiger partial charge on any atom is 0.419 e. The molecule has 0 aliphatic rings. The average Bonchev–Trinajstić information content (AvgIpc) is 3.08. The van der Waals surface area contributed by atoms with Crippen LogP contribution in [0.4, 0.5) is 13.6 Å². The Morgan fingerprint density at radius 1 is 1.28 bits per heavy atom. The number of pyridine rings is 1. The van der Waals surface area contributed by atoms with Crippen LogP contribution in [0.1, 0.15) is 27.3 Å². The summed E-state index contributed by atoms with van der Waals surface area (Å²) in [4.78, 5) is 16.8. The molecule has 3 rings (SSSR count). The second kappa shape index (κ2) is 6.21. The quantitative estimate of drug-likeness (QED) is 0.564. The van der Waals surface area contributed by atoms with Crippen molar-refractivity contribution in [3.05, 3.63) is 35.3 Å². The van der Waals surface area contributed by atoms with E-state index >= 15 is 0 Å². The number of halogens is 3. The molecule has 3 aromatic rings. The molecule has 0 N–H and O–H groups in total. The molecule has 0 aliphatic carbocycles. The monoisotopic (exact) mass is 412 g/mol. The molecule has 3 heterocycles. The fourth-order valence-corrected chi connectivity index (χ4v) is 2.69. The lowest BCUT2D eigenvalue weighted by Gasteiger charge is -2.20. The van der Waals surface area contributed by atoms with Crippen LogP contribution in [0.25, 0.3) is 22.2 Å². The maximum atomic E-state index is 12.8. The second-order valence-corrected chi connectivity index (χ2v) is 7.21. The Balaban J connectivity index is 2.19. The van der Waals surface area contributed by atoms with Gasteiger partial charge in [-0.3, -0.25) is 0 Å². The molecule has 0 fully saturated rings. The number of fused-ring (bicyclic) bond motifs is 1. The SMILES string of the molecule is CC(C)(C)OC(=O)n1c(-c2cnn(C(F)F)c2)cc2cnc(Br)cc21. The van der Waals surface area contributed by atoms with Crippen molar-refractivity contribution in [1.29, 1.82) is 0 Å². The lowest BCUT2D eigenvalue weighted by Crippen LogP contribution is -2.27. The first-order valence-corrected chi connectivity index (χ1v) is 8.18. The summed E-state index contributed by atoms with van der Waals surface area (Å²) >= 11 is 3.27. The van der Waals surface area contributed by atoms with Gasteiger partial charge in [0.15, 0.2) is 0 Å². The van der Waals surface area contributed by atoms with Crippen LogP contribution in [-0.4, -0.2) is 31.0 Å². The number of hydrogen-bond acceptors (Lipinski definition) is 4. The predicted octanol–water partition coefficient (Wildman–Crippen LogP) is 4.84. The second-order valence-electron chi connectivity index (χ2n) is 6.40. The Kier molecular flexibility index (Phi) is 4.36. The number of carbonyl (C=O) groups is 1. The lowest BCUT2D eigenvalue weighted by molar-refractivity contribution is 0.0546. The molecule has 0 aromatic carbocycles. The number of nitrogens with zero attached hydrogens (tertiary/aromatic N) is 4. The Morgan fingerprint density at radius 3 is 2.60 bits per heavy atom. The van der Waals surface area contributed by atoms with Gasteiger partial charge in [-0.2, -0.15) is 13.9 Å². The topological polar surface area (TPSA) is 61.9 Å². The van der Waals surface area contributed by atoms with Gasteiger partial charge < -0.3 is 4.74 Å². The van der Waals surface area contributed by atoms with Crippen molar-refractivity contribution in [2.75, 3.05) is 0 Å². The van der Waals surface area contributed by atoms with E-state index in [0.29, 0.717) is 31.4 Å². The van der Waals surface area contributed by atoms with Crippen LogP contribution in [0.2, 0.25) is 0 Å². The summed E-state index contributed by atoms with van der Waals surface area (Å²) < 4.78 is 33.5. The lowest BCUT2D eigenvalue weighted by atomic mass is 10.2. The van der Waals surface area contributed by atoms with Gasteiger partial charge >= 0.3 is 12.6 Å². The molecule has 132 valence electrons. The molecule has 6 nitrogen and oxygen atoms in total. The van der Waals surface area contributed by atoms with E-state index < -0.39 is 18.2 Å². The van der Waals surface area contributed by atoms with Gasteiger partial charge in [-0.1, -0.05) is 0 Å². The third-order valence-electron chi connectivity index (χ3n) is 3.33. The molecule has 3 aromatic heterocycles. The number of ether oxygens (including phenoxy) is 1. The minimum atomic E-state index is -2.76. The predicted molar refractivity (Wildman–Crippen MR) is 91.5 cm³/mol. The molecular formula is C16H15BrF2N4O2. The van der Waals surface area contributed by atoms with Crippen molar-refractivity contribution >= 4 is 32.9 Å². The number of hydrogen-bond donors (Lipinski definition) is 0. The Labute approximate surface area is 150 Å². The normalized spacial score (nSPS) is 12.1. The van der Waals surface area contributed by atoms with Crippen LogP contribution in [0.3, 0.4) is 0 Å². The van der Waals surface area contributed by atoms with Gasteiger partial charge in [0.25, 0.3) is 0 Å². The highest BCUT2D eigenvalue weighted by atomic mass is 79.9. The van der Waals surface area contributed by atoms with Gasteiger partial charge in [0.1, 0.15) is 10.2 Å². The van der Waals surface area contributed by atoms with Crippen LogP contribution in [-0.2, 0) is 4.74 Å². The third kappa shape index (κ3) is 3.55. The number of carbonyl (C=O) groups excluding carboxylic acids is 1. The summed E-state index contributed by atoms with van der Waals surface area (Å²) in [5.74, 6) is 0. The third-order valence-corrected chi connectivity index (χ3v) is 3.76. The van der Waals surface area contributed by atoms with E-state index in [1.807, 2.05) is 0 Å². The van der Waals surface area contributed by atoms with Crippen molar-refractivity contribution in [2.45, 2.75) is 32.9 Å². The summed E-state index contributed by atoms with van der Waals surface area (Å²) in [6.07, 6.45) is 3.44. The fraction of sp³-hybridized carbons (Fsp3) is 0.312. The van der Waals surface area contributed by atoms with Crippen LogP contribution in [0.5, 0.6) is 0 Å². The van der Waals surface area contributed by atoms with E-state index in [2.05, 4.69) is 26.0 Å². The molecule has 25 heavy (non-hydrogen) atoms. The first-order valence-electron chi connectivity index (χ1n) is 7.39. The molecule has 9 heteroatoms. The van der Waals surface area contributed by atoms with Crippen LogP contribution in [0, 0.1) is 0 Å². The Hall–Kier alpha value is -2.29. The van der Waals surface area contributed by atoms with Crippen LogP contribution in [0.15, 0.2) is 35.3 Å². The summed E-state index contributed by atoms with van der Waals surface area (Å²) in [5, 5.41) is 4.31. The average molecular weight is 413 g/mol. The van der Waals surface area contributed by atoms with Crippen molar-refractivity contribution in [3.8, 4) is 11.3 Å². The number of rotatable bonds is 2. The minimum Gasteiger partial charge on any atom is -0.443 e. The molecule has 0 bridgehead atoms. The molecule has 0 aliphatic heterocycles. The van der Waals surface area contributed by atoms with Crippen molar-refractivity contribution < 1.29 is 18.3 Å². The molecular weight excluding hydrogens is 398 g/mol. The summed E-state index contributed by atoms with van der Waals surface area (Å²) in [7, 11) is 0. The van der Waals surface area contributed by atoms with E-state index in [9.17, 15) is 13.6 Å². The molecule has 0 amide bonds. The number of aromatic nitrogens is 4. The largest absolute Gasteiger partial charge is 0.443 e. The van der Waals surface area contributed by atoms with Gasteiger partial charge in [0.2, 0.25) is 0 Å². The van der Waals surface area contributed by atoms with Crippen molar-refractivity contribution in [1.82, 2.24) is 19.3 Å². The van der Waals surface area contributed by atoms with Gasteiger partial charge in [0.05, 0.1) is 17.4 Å². The van der Waals surface area contributed by atoms with Gasteiger partial charge in [-0.15, -0.1) is 0 Å². The zero-order valence-electron chi connectivity index (χ0n) is 13.7. The van der Waals surface area contributed by atoms with E-state index in [1.54, 1.807) is 39.1 Å². The van der Waals surface area contributed by atoms with Crippen LogP contribution >= 0.6 is 15.9 Å². The van der Waals surface area contributed by atoms with Gasteiger partial charge in [-0.25, -0.2) is 19.0 Å². The Morgan fingerprint density at radius 2 is 2.00 bits per heavy atom. The van der Waals surface area contributed by atoms with Gasteiger partial charge in [0, 0.05) is 23.3 Å². The highest BCUT2D eigenvalue weighted by molar-refractivity contribution is 9.10. The molecule has 0 atom stereocenters. The van der Waals surface area contributed by atoms with Crippen molar-refractivity contribution in [3.63, 3.8) is 0 Å². The highest BCUT2D eigenvalue weighted by Crippen LogP contribution is 2.30. The Bertz CT molecular complexity index is 943. The van der Waals surface area contributed by atoms with Crippen molar-refractivity contribution in [2.24, 2.45) is 0 Å². The molecule has 0 saturated carbocycles. The van der Waals surface area contributed by atoms with E-state index in [0.717, 1.165) is 0 Å². The van der Waals surface area contributed by atoms with E-state index in [1.165, 1.54) is 17.0 Å². The molecule has 0 spiro atoms. The standard InChI is InChI=1S/C16H15BrF2N4O2/c1-16(2,3)25-15(24)23-11(10-7-21-22(8-10)14(18)19)4-9-6-20-13(17)5-12(9)23/h4-8,14H,1-3H3. The zero-order valence-corrected chi connectivity index (χ0v) is 15.3. The summed E-state index contributed by atoms with van der Waals surface area (Å²) in [6.45, 7) is 2.50. The smallest absolute Gasteiger partial charge is 0.419 e. The first-order chi connectivity index (χ1) is 11.7. The van der Waals surface area contributed by atoms with E-state index in [-0.39, 0.29) is 0 Å². The van der Waals surface area contributed by atoms with E-state index in [4.69, 9.17) is 4.74 Å². The highest BCUT2D eigenvalue weighted by Gasteiger charge is 2.24. The maximum absolute atomic E-state index is 12.8. The van der Waals surface area contributed by atoms with Gasteiger partial charge in [-0.05, 0) is 48.8 Å². The number of alkyl halides is 2. The first kappa shape index (κ1) is 17.5. The zero-order chi connectivity index (χ0) is 18.4.